The van der Waals surface area contributed by atoms with Crippen LogP contribution in [0.3, 0.4) is 0 Å². The SMILES string of the molecule is CN=C(NCC1CCN(CC(F)(F)F)C1)NC1CCCC1.I. The minimum Gasteiger partial charge on any atom is -0.356 e. The molecule has 1 heterocycles. The zero-order valence-corrected chi connectivity index (χ0v) is 15.3. The lowest BCUT2D eigenvalue weighted by Crippen LogP contribution is -2.44. The fourth-order valence-corrected chi connectivity index (χ4v) is 3.18. The minimum absolute atomic E-state index is 0. The fourth-order valence-electron chi connectivity index (χ4n) is 3.18. The molecule has 130 valence electrons. The van der Waals surface area contributed by atoms with Crippen LogP contribution >= 0.6 is 24.0 Å². The van der Waals surface area contributed by atoms with Crippen LogP contribution in [0, 0.1) is 5.92 Å². The van der Waals surface area contributed by atoms with Crippen molar-refractivity contribution >= 4 is 29.9 Å². The van der Waals surface area contributed by atoms with Crippen molar-refractivity contribution < 1.29 is 13.2 Å². The van der Waals surface area contributed by atoms with Gasteiger partial charge in [0.2, 0.25) is 0 Å². The van der Waals surface area contributed by atoms with Gasteiger partial charge in [-0.25, -0.2) is 0 Å². The lowest BCUT2D eigenvalue weighted by atomic mass is 10.1. The van der Waals surface area contributed by atoms with Crippen molar-refractivity contribution in [3.63, 3.8) is 0 Å². The van der Waals surface area contributed by atoms with Gasteiger partial charge in [-0.1, -0.05) is 12.8 Å². The maximum Gasteiger partial charge on any atom is 0.401 e. The average molecular weight is 434 g/mol. The second-order valence-electron chi connectivity index (χ2n) is 6.08. The lowest BCUT2D eigenvalue weighted by Gasteiger charge is -2.20. The first kappa shape index (κ1) is 19.8. The predicted molar refractivity (Wildman–Crippen MR) is 92.8 cm³/mol. The van der Waals surface area contributed by atoms with Crippen LogP contribution < -0.4 is 10.6 Å². The van der Waals surface area contributed by atoms with E-state index in [9.17, 15) is 13.2 Å². The Bertz CT molecular complexity index is 356. The van der Waals surface area contributed by atoms with Gasteiger partial charge in [0.1, 0.15) is 0 Å². The summed E-state index contributed by atoms with van der Waals surface area (Å²) in [6, 6.07) is 0.488. The summed E-state index contributed by atoms with van der Waals surface area (Å²) in [7, 11) is 1.73. The standard InChI is InChI=1S/C14H25F3N4.HI/c1-18-13(20-12-4-2-3-5-12)19-8-11-6-7-21(9-11)10-14(15,16)17;/h11-12H,2-10H2,1H3,(H2,18,19,20);1H. The van der Waals surface area contributed by atoms with Crippen LogP contribution in [0.4, 0.5) is 13.2 Å². The van der Waals surface area contributed by atoms with E-state index in [4.69, 9.17) is 0 Å². The minimum atomic E-state index is -4.09. The zero-order valence-electron chi connectivity index (χ0n) is 13.0. The average Bonchev–Trinajstić information content (AvgIpc) is 3.04. The Balaban J connectivity index is 0.00000242. The van der Waals surface area contributed by atoms with Gasteiger partial charge in [0, 0.05) is 26.2 Å². The Hall–Kier alpha value is -0.250. The highest BCUT2D eigenvalue weighted by atomic mass is 127. The molecule has 1 unspecified atom stereocenters. The molecule has 2 rings (SSSR count). The Kier molecular flexibility index (Phi) is 8.23. The number of nitrogens with zero attached hydrogens (tertiary/aromatic N) is 2. The van der Waals surface area contributed by atoms with Crippen molar-refractivity contribution in [2.24, 2.45) is 10.9 Å². The molecular formula is C14H26F3IN4. The summed E-state index contributed by atoms with van der Waals surface area (Å²) < 4.78 is 37.0. The van der Waals surface area contributed by atoms with E-state index >= 15 is 0 Å². The molecule has 0 aromatic carbocycles. The first-order valence-corrected chi connectivity index (χ1v) is 7.72. The van der Waals surface area contributed by atoms with Gasteiger partial charge in [0.25, 0.3) is 0 Å². The molecule has 1 saturated carbocycles. The molecular weight excluding hydrogens is 408 g/mol. The summed E-state index contributed by atoms with van der Waals surface area (Å²) in [4.78, 5) is 5.68. The van der Waals surface area contributed by atoms with Crippen molar-refractivity contribution in [2.75, 3.05) is 33.2 Å². The molecule has 8 heteroatoms. The van der Waals surface area contributed by atoms with Crippen LogP contribution in [0.25, 0.3) is 0 Å². The maximum atomic E-state index is 12.3. The molecule has 0 aromatic heterocycles. The van der Waals surface area contributed by atoms with Crippen LogP contribution in [0.15, 0.2) is 4.99 Å². The first-order chi connectivity index (χ1) is 9.96. The van der Waals surface area contributed by atoms with Gasteiger partial charge in [-0.2, -0.15) is 13.2 Å². The Morgan fingerprint density at radius 2 is 1.91 bits per heavy atom. The monoisotopic (exact) mass is 434 g/mol. The number of hydrogen-bond acceptors (Lipinski definition) is 2. The highest BCUT2D eigenvalue weighted by Gasteiger charge is 2.34. The van der Waals surface area contributed by atoms with Crippen LogP contribution in [-0.4, -0.2) is 56.3 Å². The van der Waals surface area contributed by atoms with E-state index in [0.29, 0.717) is 25.7 Å². The number of nitrogens with one attached hydrogen (secondary N) is 2. The Morgan fingerprint density at radius 1 is 1.23 bits per heavy atom. The molecule has 0 aromatic rings. The zero-order chi connectivity index (χ0) is 15.3. The van der Waals surface area contributed by atoms with E-state index < -0.39 is 12.7 Å². The quantitative estimate of drug-likeness (QED) is 0.406. The van der Waals surface area contributed by atoms with Crippen molar-refractivity contribution in [1.29, 1.82) is 0 Å². The third-order valence-corrected chi connectivity index (χ3v) is 4.25. The third-order valence-electron chi connectivity index (χ3n) is 4.25. The van der Waals surface area contributed by atoms with E-state index in [1.54, 1.807) is 7.05 Å². The fraction of sp³-hybridized carbons (Fsp3) is 0.929. The molecule has 1 aliphatic carbocycles. The van der Waals surface area contributed by atoms with E-state index in [-0.39, 0.29) is 29.9 Å². The van der Waals surface area contributed by atoms with Crippen molar-refractivity contribution in [1.82, 2.24) is 15.5 Å². The van der Waals surface area contributed by atoms with E-state index in [1.807, 2.05) is 0 Å². The molecule has 2 N–H and O–H groups in total. The second kappa shape index (κ2) is 9.14. The molecule has 0 radical (unpaired) electrons. The van der Waals surface area contributed by atoms with E-state index in [1.165, 1.54) is 30.6 Å². The van der Waals surface area contributed by atoms with Gasteiger partial charge in [-0.15, -0.1) is 24.0 Å². The largest absolute Gasteiger partial charge is 0.401 e. The summed E-state index contributed by atoms with van der Waals surface area (Å²) in [5.74, 6) is 1.03. The van der Waals surface area contributed by atoms with Gasteiger partial charge in [-0.05, 0) is 31.7 Å². The van der Waals surface area contributed by atoms with Crippen LogP contribution in [0.2, 0.25) is 0 Å². The molecule has 1 aliphatic heterocycles. The predicted octanol–water partition coefficient (Wildman–Crippen LogP) is 2.60. The Labute approximate surface area is 147 Å². The number of guanidine groups is 1. The third kappa shape index (κ3) is 6.89. The smallest absolute Gasteiger partial charge is 0.356 e. The van der Waals surface area contributed by atoms with Gasteiger partial charge in [0.15, 0.2) is 5.96 Å². The summed E-state index contributed by atoms with van der Waals surface area (Å²) in [6.45, 7) is 0.923. The maximum absolute atomic E-state index is 12.3. The normalized spacial score (nSPS) is 24.4. The van der Waals surface area contributed by atoms with Gasteiger partial charge in [-0.3, -0.25) is 9.89 Å². The van der Waals surface area contributed by atoms with Crippen molar-refractivity contribution in [2.45, 2.75) is 44.3 Å². The summed E-state index contributed by atoms with van der Waals surface area (Å²) in [5, 5.41) is 6.64. The number of halogens is 4. The first-order valence-electron chi connectivity index (χ1n) is 7.72. The highest BCUT2D eigenvalue weighted by molar-refractivity contribution is 14.0. The van der Waals surface area contributed by atoms with Crippen molar-refractivity contribution in [3.05, 3.63) is 0 Å². The molecule has 1 saturated heterocycles. The van der Waals surface area contributed by atoms with Crippen molar-refractivity contribution in [3.8, 4) is 0 Å². The molecule has 1 atom stereocenters. The summed E-state index contributed by atoms with van der Waals surface area (Å²) in [6.07, 6.45) is 1.56. The number of aliphatic imine (C=N–C) groups is 1. The Morgan fingerprint density at radius 3 is 2.50 bits per heavy atom. The number of alkyl halides is 3. The highest BCUT2D eigenvalue weighted by Crippen LogP contribution is 2.22. The van der Waals surface area contributed by atoms with Crippen LogP contribution in [0.1, 0.15) is 32.1 Å². The summed E-state index contributed by atoms with van der Waals surface area (Å²) >= 11 is 0. The second-order valence-corrected chi connectivity index (χ2v) is 6.08. The van der Waals surface area contributed by atoms with E-state index in [0.717, 1.165) is 12.4 Å². The molecule has 2 fully saturated rings. The topological polar surface area (TPSA) is 39.7 Å². The number of rotatable bonds is 4. The molecule has 2 aliphatic rings. The molecule has 0 spiro atoms. The van der Waals surface area contributed by atoms with Gasteiger partial charge < -0.3 is 10.6 Å². The number of likely N-dealkylation sites (tertiary alicyclic amines) is 1. The van der Waals surface area contributed by atoms with Crippen LogP contribution in [0.5, 0.6) is 0 Å². The van der Waals surface area contributed by atoms with Gasteiger partial charge >= 0.3 is 6.18 Å². The van der Waals surface area contributed by atoms with Crippen LogP contribution in [-0.2, 0) is 0 Å². The molecule has 22 heavy (non-hydrogen) atoms. The van der Waals surface area contributed by atoms with E-state index in [2.05, 4.69) is 15.6 Å². The molecule has 0 bridgehead atoms. The van der Waals surface area contributed by atoms with Gasteiger partial charge in [0.05, 0.1) is 6.54 Å². The molecule has 0 amide bonds. The number of hydrogen-bond donors (Lipinski definition) is 2. The summed E-state index contributed by atoms with van der Waals surface area (Å²) in [5.41, 5.74) is 0. The lowest BCUT2D eigenvalue weighted by molar-refractivity contribution is -0.143. The molecule has 4 nitrogen and oxygen atoms in total.